The van der Waals surface area contributed by atoms with Gasteiger partial charge in [-0.2, -0.15) is 5.26 Å². The lowest BCUT2D eigenvalue weighted by atomic mass is 9.81. The molecule has 0 amide bonds. The van der Waals surface area contributed by atoms with Gasteiger partial charge in [0.1, 0.15) is 0 Å². The van der Waals surface area contributed by atoms with Crippen molar-refractivity contribution in [1.82, 2.24) is 15.0 Å². The molecule has 1 heterocycles. The van der Waals surface area contributed by atoms with Crippen LogP contribution in [0.15, 0.2) is 140 Å². The van der Waals surface area contributed by atoms with Crippen molar-refractivity contribution in [3.63, 3.8) is 0 Å². The standard InChI is InChI=1S/C43H29ClN4/c1-43(2)38-21-27(26-45)13-19-36(38)37-20-18-32(25-39(37)43)33-22-34(24-35(44)23-33)42-47-40(30-11-7-4-8-12-30)46-41(48-42)31-16-14-29(15-17-31)28-9-5-3-6-10-28/h3-25H,1-2H3. The minimum Gasteiger partial charge on any atom is -0.208 e. The van der Waals surface area contributed by atoms with Gasteiger partial charge in [-0.25, -0.2) is 15.0 Å². The summed E-state index contributed by atoms with van der Waals surface area (Å²) < 4.78 is 0. The molecule has 0 N–H and O–H groups in total. The SMILES string of the molecule is CC1(C)c2cc(C#N)ccc2-c2ccc(-c3cc(Cl)cc(-c4nc(-c5ccccc5)nc(-c5ccc(-c6ccccc6)cc5)n4)c3)cc21. The van der Waals surface area contributed by atoms with Crippen LogP contribution in [0, 0.1) is 11.3 Å². The van der Waals surface area contributed by atoms with Crippen LogP contribution in [-0.2, 0) is 5.41 Å². The van der Waals surface area contributed by atoms with Crippen molar-refractivity contribution < 1.29 is 0 Å². The average molecular weight is 637 g/mol. The Kier molecular flexibility index (Phi) is 7.21. The van der Waals surface area contributed by atoms with Gasteiger partial charge in [0, 0.05) is 27.1 Å². The molecule has 1 aliphatic rings. The first-order valence-corrected chi connectivity index (χ1v) is 16.2. The summed E-state index contributed by atoms with van der Waals surface area (Å²) in [6, 6.07) is 49.4. The minimum atomic E-state index is -0.251. The maximum absolute atomic E-state index is 9.54. The van der Waals surface area contributed by atoms with Crippen LogP contribution in [0.4, 0.5) is 0 Å². The second kappa shape index (κ2) is 11.7. The van der Waals surface area contributed by atoms with Crippen LogP contribution in [-0.4, -0.2) is 15.0 Å². The van der Waals surface area contributed by atoms with Crippen LogP contribution in [0.5, 0.6) is 0 Å². The van der Waals surface area contributed by atoms with E-state index in [1.54, 1.807) is 0 Å². The number of fused-ring (bicyclic) bond motifs is 3. The Morgan fingerprint density at radius 2 is 0.958 bits per heavy atom. The van der Waals surface area contributed by atoms with E-state index < -0.39 is 0 Å². The van der Waals surface area contributed by atoms with E-state index >= 15 is 0 Å². The Labute approximate surface area is 285 Å². The predicted octanol–water partition coefficient (Wildman–Crippen LogP) is 11.0. The molecule has 4 nitrogen and oxygen atoms in total. The summed E-state index contributed by atoms with van der Waals surface area (Å²) in [5.74, 6) is 1.74. The van der Waals surface area contributed by atoms with Crippen molar-refractivity contribution >= 4 is 11.6 Å². The fraction of sp³-hybridized carbons (Fsp3) is 0.0698. The quantitative estimate of drug-likeness (QED) is 0.188. The van der Waals surface area contributed by atoms with Gasteiger partial charge in [0.25, 0.3) is 0 Å². The van der Waals surface area contributed by atoms with Gasteiger partial charge in [-0.1, -0.05) is 129 Å². The van der Waals surface area contributed by atoms with Crippen LogP contribution in [0.25, 0.3) is 67.5 Å². The molecule has 0 fully saturated rings. The zero-order chi connectivity index (χ0) is 32.8. The van der Waals surface area contributed by atoms with Gasteiger partial charge in [-0.05, 0) is 80.9 Å². The van der Waals surface area contributed by atoms with Crippen molar-refractivity contribution in [2.45, 2.75) is 19.3 Å². The fourth-order valence-electron chi connectivity index (χ4n) is 6.66. The van der Waals surface area contributed by atoms with Crippen LogP contribution in [0.3, 0.4) is 0 Å². The number of nitrogens with zero attached hydrogens (tertiary/aromatic N) is 4. The second-order valence-electron chi connectivity index (χ2n) is 12.6. The lowest BCUT2D eigenvalue weighted by Gasteiger charge is -2.22. The van der Waals surface area contributed by atoms with Gasteiger partial charge in [0.2, 0.25) is 0 Å². The molecule has 0 bridgehead atoms. The van der Waals surface area contributed by atoms with E-state index in [-0.39, 0.29) is 5.41 Å². The summed E-state index contributed by atoms with van der Waals surface area (Å²) >= 11 is 6.82. The molecule has 0 radical (unpaired) electrons. The average Bonchev–Trinajstić information content (AvgIpc) is 3.36. The lowest BCUT2D eigenvalue weighted by molar-refractivity contribution is 0.660. The van der Waals surface area contributed by atoms with Crippen molar-refractivity contribution in [2.24, 2.45) is 0 Å². The van der Waals surface area contributed by atoms with Gasteiger partial charge in [0.15, 0.2) is 17.5 Å². The summed E-state index contributed by atoms with van der Waals surface area (Å²) in [6.45, 7) is 4.44. The fourth-order valence-corrected chi connectivity index (χ4v) is 6.90. The highest BCUT2D eigenvalue weighted by molar-refractivity contribution is 6.31. The van der Waals surface area contributed by atoms with Crippen molar-refractivity contribution in [3.8, 4) is 73.6 Å². The molecule has 0 saturated carbocycles. The number of hydrogen-bond donors (Lipinski definition) is 0. The molecule has 7 aromatic rings. The highest BCUT2D eigenvalue weighted by Gasteiger charge is 2.35. The van der Waals surface area contributed by atoms with E-state index in [0.717, 1.165) is 38.9 Å². The van der Waals surface area contributed by atoms with Gasteiger partial charge in [-0.3, -0.25) is 0 Å². The first-order valence-electron chi connectivity index (χ1n) is 15.9. The molecule has 0 atom stereocenters. The largest absolute Gasteiger partial charge is 0.208 e. The molecule has 6 aromatic carbocycles. The van der Waals surface area contributed by atoms with E-state index in [1.165, 1.54) is 22.3 Å². The third-order valence-corrected chi connectivity index (χ3v) is 9.43. The Bertz CT molecular complexity index is 2370. The third-order valence-electron chi connectivity index (χ3n) is 9.21. The van der Waals surface area contributed by atoms with Gasteiger partial charge in [-0.15, -0.1) is 0 Å². The third kappa shape index (κ3) is 5.25. The van der Waals surface area contributed by atoms with E-state index in [4.69, 9.17) is 26.6 Å². The van der Waals surface area contributed by atoms with Crippen LogP contribution in [0.1, 0.15) is 30.5 Å². The monoisotopic (exact) mass is 636 g/mol. The molecule has 0 unspecified atom stereocenters. The first-order chi connectivity index (χ1) is 23.4. The predicted molar refractivity (Wildman–Crippen MR) is 194 cm³/mol. The second-order valence-corrected chi connectivity index (χ2v) is 13.0. The van der Waals surface area contributed by atoms with E-state index in [1.807, 2.05) is 72.8 Å². The van der Waals surface area contributed by atoms with E-state index in [9.17, 15) is 5.26 Å². The number of hydrogen-bond acceptors (Lipinski definition) is 4. The molecule has 228 valence electrons. The number of benzene rings is 6. The van der Waals surface area contributed by atoms with Gasteiger partial charge in [0.05, 0.1) is 11.6 Å². The molecule has 0 saturated heterocycles. The maximum atomic E-state index is 9.54. The molecular weight excluding hydrogens is 608 g/mol. The molecule has 8 rings (SSSR count). The topological polar surface area (TPSA) is 62.5 Å². The van der Waals surface area contributed by atoms with Crippen LogP contribution < -0.4 is 0 Å². The summed E-state index contributed by atoms with van der Waals surface area (Å²) in [7, 11) is 0. The zero-order valence-corrected chi connectivity index (χ0v) is 27.2. The molecule has 1 aromatic heterocycles. The van der Waals surface area contributed by atoms with Crippen molar-refractivity contribution in [3.05, 3.63) is 161 Å². The molecule has 1 aliphatic carbocycles. The number of nitriles is 1. The summed E-state index contributed by atoms with van der Waals surface area (Å²) in [5, 5.41) is 10.1. The van der Waals surface area contributed by atoms with Gasteiger partial charge >= 0.3 is 0 Å². The lowest BCUT2D eigenvalue weighted by Crippen LogP contribution is -2.15. The highest BCUT2D eigenvalue weighted by atomic mass is 35.5. The molecule has 0 aliphatic heterocycles. The number of rotatable bonds is 5. The molecule has 5 heteroatoms. The minimum absolute atomic E-state index is 0.251. The van der Waals surface area contributed by atoms with Crippen LogP contribution >= 0.6 is 11.6 Å². The van der Waals surface area contributed by atoms with Gasteiger partial charge < -0.3 is 0 Å². The smallest absolute Gasteiger partial charge is 0.164 e. The maximum Gasteiger partial charge on any atom is 0.164 e. The van der Waals surface area contributed by atoms with Crippen LogP contribution in [0.2, 0.25) is 5.02 Å². The summed E-state index contributed by atoms with van der Waals surface area (Å²) in [6.07, 6.45) is 0. The zero-order valence-electron chi connectivity index (χ0n) is 26.4. The Morgan fingerprint density at radius 1 is 0.479 bits per heavy atom. The summed E-state index contributed by atoms with van der Waals surface area (Å²) in [4.78, 5) is 14.9. The molecule has 48 heavy (non-hydrogen) atoms. The van der Waals surface area contributed by atoms with E-state index in [0.29, 0.717) is 28.1 Å². The number of aromatic nitrogens is 3. The number of halogens is 1. The first kappa shape index (κ1) is 29.5. The molecular formula is C43H29ClN4. The van der Waals surface area contributed by atoms with Crippen molar-refractivity contribution in [1.29, 1.82) is 5.26 Å². The van der Waals surface area contributed by atoms with Crippen molar-refractivity contribution in [2.75, 3.05) is 0 Å². The molecule has 0 spiro atoms. The summed E-state index contributed by atoms with van der Waals surface area (Å²) in [5.41, 5.74) is 12.1. The van der Waals surface area contributed by atoms with E-state index in [2.05, 4.69) is 86.6 Å². The Hall–Kier alpha value is -5.89. The Balaban J connectivity index is 1.22. The normalized spacial score (nSPS) is 12.6. The Morgan fingerprint density at radius 3 is 1.60 bits per heavy atom. The highest BCUT2D eigenvalue weighted by Crippen LogP contribution is 2.50.